The maximum atomic E-state index is 6.15. The molecule has 0 unspecified atom stereocenters. The quantitative estimate of drug-likeness (QED) is 0.857. The van der Waals surface area contributed by atoms with E-state index in [-0.39, 0.29) is 0 Å². The van der Waals surface area contributed by atoms with Gasteiger partial charge in [0.05, 0.1) is 0 Å². The van der Waals surface area contributed by atoms with Crippen molar-refractivity contribution in [2.45, 2.75) is 25.7 Å². The number of aromatic nitrogens is 2. The summed E-state index contributed by atoms with van der Waals surface area (Å²) in [6.07, 6.45) is 2.50. The molecule has 1 aliphatic carbocycles. The van der Waals surface area contributed by atoms with E-state index in [4.69, 9.17) is 10.7 Å². The van der Waals surface area contributed by atoms with Crippen LogP contribution in [0.3, 0.4) is 0 Å². The minimum absolute atomic E-state index is 0.626. The summed E-state index contributed by atoms with van der Waals surface area (Å²) < 4.78 is 2.04. The predicted molar refractivity (Wildman–Crippen MR) is 69.8 cm³/mol. The number of nitrogens with zero attached hydrogens (tertiary/aromatic N) is 2. The summed E-state index contributed by atoms with van der Waals surface area (Å²) in [6, 6.07) is 8.34. The van der Waals surface area contributed by atoms with Gasteiger partial charge >= 0.3 is 0 Å². The van der Waals surface area contributed by atoms with Crippen LogP contribution < -0.4 is 5.73 Å². The number of hydrogen-bond acceptors (Lipinski definition) is 2. The van der Waals surface area contributed by atoms with Crippen molar-refractivity contribution in [3.8, 4) is 11.3 Å². The number of rotatable bonds is 2. The molecule has 3 nitrogen and oxygen atoms in total. The second-order valence-electron chi connectivity index (χ2n) is 4.91. The number of imidazole rings is 1. The zero-order valence-electron chi connectivity index (χ0n) is 10.3. The highest BCUT2D eigenvalue weighted by Crippen LogP contribution is 2.41. The summed E-state index contributed by atoms with van der Waals surface area (Å²) in [4.78, 5) is 4.72. The fraction of sp³-hybridized carbons (Fsp3) is 0.357. The van der Waals surface area contributed by atoms with Gasteiger partial charge in [0.25, 0.3) is 0 Å². The maximum Gasteiger partial charge on any atom is 0.131 e. The van der Waals surface area contributed by atoms with Crippen molar-refractivity contribution >= 4 is 5.82 Å². The summed E-state index contributed by atoms with van der Waals surface area (Å²) in [7, 11) is 2.01. The summed E-state index contributed by atoms with van der Waals surface area (Å²) in [5, 5.41) is 0. The third kappa shape index (κ3) is 1.71. The standard InChI is InChI=1S/C14H17N3/c1-9-4-3-5-11(8-9)12-13(15)17(2)14(16-12)10-6-7-10/h3-5,8,10H,6-7,15H2,1-2H3. The van der Waals surface area contributed by atoms with Crippen molar-refractivity contribution in [3.05, 3.63) is 35.7 Å². The molecule has 0 bridgehead atoms. The molecule has 2 N–H and O–H groups in total. The molecule has 0 saturated heterocycles. The molecule has 17 heavy (non-hydrogen) atoms. The average molecular weight is 227 g/mol. The normalized spacial score (nSPS) is 15.2. The number of hydrogen-bond donors (Lipinski definition) is 1. The van der Waals surface area contributed by atoms with Crippen LogP contribution in [0.1, 0.15) is 30.1 Å². The summed E-state index contributed by atoms with van der Waals surface area (Å²) in [5.74, 6) is 2.54. The molecular weight excluding hydrogens is 210 g/mol. The highest BCUT2D eigenvalue weighted by Gasteiger charge is 2.29. The number of anilines is 1. The van der Waals surface area contributed by atoms with Crippen LogP contribution in [-0.4, -0.2) is 9.55 Å². The first-order valence-corrected chi connectivity index (χ1v) is 6.06. The molecule has 1 fully saturated rings. The Kier molecular flexibility index (Phi) is 2.21. The smallest absolute Gasteiger partial charge is 0.131 e. The van der Waals surface area contributed by atoms with Gasteiger partial charge in [-0.25, -0.2) is 4.98 Å². The van der Waals surface area contributed by atoms with Crippen molar-refractivity contribution in [1.29, 1.82) is 0 Å². The number of nitrogens with two attached hydrogens (primary N) is 1. The van der Waals surface area contributed by atoms with Crippen LogP contribution in [0, 0.1) is 6.92 Å². The summed E-state index contributed by atoms with van der Waals surface area (Å²) >= 11 is 0. The van der Waals surface area contributed by atoms with E-state index in [1.807, 2.05) is 11.6 Å². The highest BCUT2D eigenvalue weighted by atomic mass is 15.1. The third-order valence-corrected chi connectivity index (χ3v) is 3.41. The van der Waals surface area contributed by atoms with Crippen molar-refractivity contribution in [3.63, 3.8) is 0 Å². The molecule has 3 rings (SSSR count). The van der Waals surface area contributed by atoms with Gasteiger partial charge in [0.2, 0.25) is 0 Å². The molecule has 0 amide bonds. The highest BCUT2D eigenvalue weighted by molar-refractivity contribution is 5.71. The van der Waals surface area contributed by atoms with Crippen LogP contribution in [0.2, 0.25) is 0 Å². The summed E-state index contributed by atoms with van der Waals surface area (Å²) in [6.45, 7) is 2.09. The predicted octanol–water partition coefficient (Wildman–Crippen LogP) is 2.86. The monoisotopic (exact) mass is 227 g/mol. The maximum absolute atomic E-state index is 6.15. The number of nitrogen functional groups attached to an aromatic ring is 1. The Morgan fingerprint density at radius 3 is 2.76 bits per heavy atom. The van der Waals surface area contributed by atoms with Gasteiger partial charge in [-0.05, 0) is 25.8 Å². The fourth-order valence-corrected chi connectivity index (χ4v) is 2.24. The van der Waals surface area contributed by atoms with Crippen molar-refractivity contribution < 1.29 is 0 Å². The van der Waals surface area contributed by atoms with Crippen molar-refractivity contribution in [2.24, 2.45) is 7.05 Å². The molecule has 1 aromatic heterocycles. The Hall–Kier alpha value is -1.77. The molecule has 2 aromatic rings. The topological polar surface area (TPSA) is 43.8 Å². The lowest BCUT2D eigenvalue weighted by molar-refractivity contribution is 0.807. The van der Waals surface area contributed by atoms with Gasteiger partial charge in [0.1, 0.15) is 17.3 Å². The van der Waals surface area contributed by atoms with E-state index in [9.17, 15) is 0 Å². The molecule has 1 aliphatic rings. The van der Waals surface area contributed by atoms with Gasteiger partial charge in [0.15, 0.2) is 0 Å². The first kappa shape index (κ1) is 10.4. The third-order valence-electron chi connectivity index (χ3n) is 3.41. The molecule has 1 saturated carbocycles. The zero-order chi connectivity index (χ0) is 12.0. The van der Waals surface area contributed by atoms with Gasteiger partial charge < -0.3 is 10.3 Å². The minimum Gasteiger partial charge on any atom is -0.383 e. The number of aryl methyl sites for hydroxylation is 1. The van der Waals surface area contributed by atoms with Crippen molar-refractivity contribution in [2.75, 3.05) is 5.73 Å². The van der Waals surface area contributed by atoms with Gasteiger partial charge in [-0.1, -0.05) is 23.8 Å². The van der Waals surface area contributed by atoms with Gasteiger partial charge in [-0.2, -0.15) is 0 Å². The second-order valence-corrected chi connectivity index (χ2v) is 4.91. The van der Waals surface area contributed by atoms with Gasteiger partial charge in [0, 0.05) is 18.5 Å². The van der Waals surface area contributed by atoms with Gasteiger partial charge in [-0.15, -0.1) is 0 Å². The van der Waals surface area contributed by atoms with Crippen LogP contribution in [-0.2, 0) is 7.05 Å². The zero-order valence-corrected chi connectivity index (χ0v) is 10.3. The van der Waals surface area contributed by atoms with Crippen LogP contribution in [0.4, 0.5) is 5.82 Å². The Balaban J connectivity index is 2.11. The Morgan fingerprint density at radius 1 is 1.35 bits per heavy atom. The largest absolute Gasteiger partial charge is 0.383 e. The Labute approximate surface area is 101 Å². The second kappa shape index (κ2) is 3.62. The number of benzene rings is 1. The van der Waals surface area contributed by atoms with Crippen LogP contribution in [0.5, 0.6) is 0 Å². The molecule has 0 aliphatic heterocycles. The van der Waals surface area contributed by atoms with Crippen molar-refractivity contribution in [1.82, 2.24) is 9.55 Å². The molecule has 88 valence electrons. The first-order chi connectivity index (χ1) is 8.16. The molecule has 0 radical (unpaired) electrons. The lowest BCUT2D eigenvalue weighted by atomic mass is 10.1. The Bertz CT molecular complexity index is 565. The molecule has 0 atom stereocenters. The van der Waals surface area contributed by atoms with E-state index in [0.717, 1.165) is 22.9 Å². The lowest BCUT2D eigenvalue weighted by Crippen LogP contribution is -2.00. The molecule has 1 aromatic carbocycles. The first-order valence-electron chi connectivity index (χ1n) is 6.06. The van der Waals surface area contributed by atoms with E-state index < -0.39 is 0 Å². The van der Waals surface area contributed by atoms with Crippen LogP contribution in [0.15, 0.2) is 24.3 Å². The van der Waals surface area contributed by atoms with E-state index in [0.29, 0.717) is 5.92 Å². The SMILES string of the molecule is Cc1cccc(-c2nc(C3CC3)n(C)c2N)c1. The van der Waals surface area contributed by atoms with E-state index >= 15 is 0 Å². The van der Waals surface area contributed by atoms with E-state index in [1.54, 1.807) is 0 Å². The fourth-order valence-electron chi connectivity index (χ4n) is 2.24. The minimum atomic E-state index is 0.626. The van der Waals surface area contributed by atoms with Crippen LogP contribution in [0.25, 0.3) is 11.3 Å². The van der Waals surface area contributed by atoms with Crippen LogP contribution >= 0.6 is 0 Å². The summed E-state index contributed by atoms with van der Waals surface area (Å²) in [5.41, 5.74) is 9.43. The average Bonchev–Trinajstić information content (AvgIpc) is 3.09. The molecule has 0 spiro atoms. The molecular formula is C14H17N3. The van der Waals surface area contributed by atoms with E-state index in [2.05, 4.69) is 31.2 Å². The Morgan fingerprint density at radius 2 is 2.12 bits per heavy atom. The lowest BCUT2D eigenvalue weighted by Gasteiger charge is -2.01. The molecule has 3 heteroatoms. The van der Waals surface area contributed by atoms with Gasteiger partial charge in [-0.3, -0.25) is 0 Å². The van der Waals surface area contributed by atoms with E-state index in [1.165, 1.54) is 18.4 Å². The molecule has 1 heterocycles.